The molecule has 33 heavy (non-hydrogen) atoms. The van der Waals surface area contributed by atoms with Crippen LogP contribution >= 0.6 is 11.6 Å². The van der Waals surface area contributed by atoms with Gasteiger partial charge in [0.15, 0.2) is 5.96 Å². The van der Waals surface area contributed by atoms with Crippen LogP contribution in [0.15, 0.2) is 65.8 Å². The number of anilines is 1. The van der Waals surface area contributed by atoms with Crippen LogP contribution in [0.1, 0.15) is 48.4 Å². The fraction of sp³-hybridized carbons (Fsp3) is 0.269. The molecule has 0 saturated heterocycles. The third-order valence-electron chi connectivity index (χ3n) is 6.68. The van der Waals surface area contributed by atoms with Crippen molar-refractivity contribution in [3.8, 4) is 11.1 Å². The lowest BCUT2D eigenvalue weighted by molar-refractivity contribution is -0.130. The third kappa shape index (κ3) is 3.85. The molecule has 1 aliphatic carbocycles. The summed E-state index contributed by atoms with van der Waals surface area (Å²) in [6.07, 6.45) is 4.18. The smallest absolute Gasteiger partial charge is 0.239 e. The molecule has 2 atom stereocenters. The zero-order valence-corrected chi connectivity index (χ0v) is 19.4. The first kappa shape index (κ1) is 21.5. The Kier molecular flexibility index (Phi) is 5.13. The summed E-state index contributed by atoms with van der Waals surface area (Å²) >= 11 is 6.23. The average Bonchev–Trinajstić information content (AvgIpc) is 3.63. The van der Waals surface area contributed by atoms with Crippen LogP contribution in [-0.2, 0) is 10.3 Å². The maximum absolute atomic E-state index is 13.5. The summed E-state index contributed by atoms with van der Waals surface area (Å²) in [5, 5.41) is 0.555. The van der Waals surface area contributed by atoms with Gasteiger partial charge in [0.1, 0.15) is 5.54 Å². The third-order valence-corrected chi connectivity index (χ3v) is 6.90. The summed E-state index contributed by atoms with van der Waals surface area (Å²) in [5.41, 5.74) is 16.4. The number of nitrogens with zero attached hydrogens (tertiary/aromatic N) is 3. The number of nitrogen functional groups attached to an aromatic ring is 1. The zero-order chi connectivity index (χ0) is 23.3. The van der Waals surface area contributed by atoms with E-state index in [1.165, 1.54) is 23.3 Å². The molecule has 1 saturated carbocycles. The number of hydrogen-bond donors (Lipinski definition) is 2. The molecule has 0 bridgehead atoms. The Hall–Kier alpha value is -3.38. The number of carbonyl (C=O) groups is 1. The number of halogens is 1. The summed E-state index contributed by atoms with van der Waals surface area (Å²) in [6.45, 7) is 1.92. The predicted molar refractivity (Wildman–Crippen MR) is 132 cm³/mol. The highest BCUT2D eigenvalue weighted by molar-refractivity contribution is 6.31. The predicted octanol–water partition coefficient (Wildman–Crippen LogP) is 4.65. The molecule has 0 spiro atoms. The number of rotatable bonds is 4. The van der Waals surface area contributed by atoms with Gasteiger partial charge in [-0.3, -0.25) is 14.7 Å². The van der Waals surface area contributed by atoms with Gasteiger partial charge in [-0.2, -0.15) is 0 Å². The number of likely N-dealkylation sites (N-methyl/N-ethyl adjacent to an activating group) is 1. The second kappa shape index (κ2) is 7.89. The van der Waals surface area contributed by atoms with Gasteiger partial charge >= 0.3 is 0 Å². The molecule has 2 aliphatic rings. The lowest BCUT2D eigenvalue weighted by Crippen LogP contribution is -2.52. The first-order valence-corrected chi connectivity index (χ1v) is 11.4. The van der Waals surface area contributed by atoms with Crippen molar-refractivity contribution >= 4 is 29.2 Å². The molecule has 6 nitrogen and oxygen atoms in total. The van der Waals surface area contributed by atoms with Gasteiger partial charge in [-0.05, 0) is 78.3 Å². The number of hydrogen-bond acceptors (Lipinski definition) is 5. The maximum atomic E-state index is 13.5. The van der Waals surface area contributed by atoms with E-state index in [4.69, 9.17) is 28.1 Å². The van der Waals surface area contributed by atoms with Crippen molar-refractivity contribution in [1.29, 1.82) is 0 Å². The van der Waals surface area contributed by atoms with Crippen LogP contribution in [0.5, 0.6) is 0 Å². The van der Waals surface area contributed by atoms with Gasteiger partial charge in [0.2, 0.25) is 5.91 Å². The minimum Gasteiger partial charge on any atom is -0.399 e. The van der Waals surface area contributed by atoms with Gasteiger partial charge in [0.05, 0.1) is 11.6 Å². The summed E-state index contributed by atoms with van der Waals surface area (Å²) in [4.78, 5) is 24.4. The average molecular weight is 460 g/mol. The van der Waals surface area contributed by atoms with Crippen molar-refractivity contribution in [2.75, 3.05) is 12.8 Å². The molecule has 0 radical (unpaired) electrons. The molecule has 2 aromatic carbocycles. The monoisotopic (exact) mass is 459 g/mol. The number of aliphatic imine (C=N–C) groups is 1. The lowest BCUT2D eigenvalue weighted by atomic mass is 9.76. The van der Waals surface area contributed by atoms with E-state index in [1.807, 2.05) is 43.3 Å². The van der Waals surface area contributed by atoms with E-state index in [9.17, 15) is 4.79 Å². The standard InChI is InChI=1S/C26H26ClN5O/c1-26(22-13-18(9-10-30-22)19-11-20(27)14-21(28)12-19)23(24(33)32(2)25(29)31-26)17-7-5-16(6-8-17)15-3-4-15/h5-15,23H,3-4,28H2,1-2H3,(H2,29,31)/t23-,26+/m0/s1. The van der Waals surface area contributed by atoms with Crippen LogP contribution in [-0.4, -0.2) is 28.8 Å². The van der Waals surface area contributed by atoms with Crippen molar-refractivity contribution < 1.29 is 4.79 Å². The number of aromatic nitrogens is 1. The molecule has 1 aromatic heterocycles. The molecular weight excluding hydrogens is 434 g/mol. The normalized spacial score (nSPS) is 22.9. The molecule has 1 fully saturated rings. The van der Waals surface area contributed by atoms with E-state index in [1.54, 1.807) is 19.3 Å². The Morgan fingerprint density at radius 1 is 1.00 bits per heavy atom. The summed E-state index contributed by atoms with van der Waals surface area (Å²) < 4.78 is 0. The van der Waals surface area contributed by atoms with Gasteiger partial charge in [0.25, 0.3) is 0 Å². The van der Waals surface area contributed by atoms with Crippen molar-refractivity contribution in [2.24, 2.45) is 10.7 Å². The highest BCUT2D eigenvalue weighted by Gasteiger charge is 2.48. The lowest BCUT2D eigenvalue weighted by Gasteiger charge is -2.40. The van der Waals surface area contributed by atoms with E-state index in [2.05, 4.69) is 17.1 Å². The fourth-order valence-corrected chi connectivity index (χ4v) is 4.88. The van der Waals surface area contributed by atoms with Crippen LogP contribution in [0.4, 0.5) is 5.69 Å². The molecule has 7 heteroatoms. The Morgan fingerprint density at radius 2 is 1.70 bits per heavy atom. The van der Waals surface area contributed by atoms with Crippen LogP contribution in [0.3, 0.4) is 0 Å². The van der Waals surface area contributed by atoms with Crippen LogP contribution < -0.4 is 11.5 Å². The van der Waals surface area contributed by atoms with Crippen molar-refractivity contribution in [2.45, 2.75) is 37.1 Å². The first-order chi connectivity index (χ1) is 15.8. The van der Waals surface area contributed by atoms with Gasteiger partial charge in [0, 0.05) is 24.0 Å². The van der Waals surface area contributed by atoms with Crippen molar-refractivity contribution in [3.63, 3.8) is 0 Å². The quantitative estimate of drug-likeness (QED) is 0.555. The zero-order valence-electron chi connectivity index (χ0n) is 18.6. The maximum Gasteiger partial charge on any atom is 0.239 e. The number of amides is 1. The van der Waals surface area contributed by atoms with E-state index >= 15 is 0 Å². The number of benzene rings is 2. The molecule has 168 valence electrons. The Balaban J connectivity index is 1.62. The molecular formula is C26H26ClN5O. The highest BCUT2D eigenvalue weighted by Crippen LogP contribution is 2.45. The second-order valence-corrected chi connectivity index (χ2v) is 9.53. The number of pyridine rings is 1. The molecule has 3 aromatic rings. The Bertz CT molecular complexity index is 1250. The second-order valence-electron chi connectivity index (χ2n) is 9.09. The number of carbonyl (C=O) groups excluding carboxylic acids is 1. The van der Waals surface area contributed by atoms with E-state index in [-0.39, 0.29) is 11.9 Å². The molecule has 2 heterocycles. The molecule has 1 aliphatic heterocycles. The molecule has 1 amide bonds. The minimum atomic E-state index is -0.977. The van der Waals surface area contributed by atoms with Crippen LogP contribution in [0, 0.1) is 0 Å². The van der Waals surface area contributed by atoms with Crippen LogP contribution in [0.25, 0.3) is 11.1 Å². The summed E-state index contributed by atoms with van der Waals surface area (Å²) in [6, 6.07) is 17.6. The number of nitrogens with two attached hydrogens (primary N) is 2. The minimum absolute atomic E-state index is 0.108. The van der Waals surface area contributed by atoms with E-state index < -0.39 is 11.5 Å². The van der Waals surface area contributed by atoms with Gasteiger partial charge in [-0.1, -0.05) is 35.9 Å². The van der Waals surface area contributed by atoms with E-state index in [0.29, 0.717) is 22.3 Å². The fourth-order valence-electron chi connectivity index (χ4n) is 4.64. The van der Waals surface area contributed by atoms with Gasteiger partial charge in [-0.25, -0.2) is 4.99 Å². The van der Waals surface area contributed by atoms with Crippen molar-refractivity contribution in [3.05, 3.63) is 82.6 Å². The molecule has 0 unspecified atom stereocenters. The van der Waals surface area contributed by atoms with E-state index in [0.717, 1.165) is 16.7 Å². The largest absolute Gasteiger partial charge is 0.399 e. The SMILES string of the molecule is CN1C(=O)[C@H](c2ccc(C3CC3)cc2)[C@@](C)(c2cc(-c3cc(N)cc(Cl)c3)ccn2)N=C1N. The first-order valence-electron chi connectivity index (χ1n) is 11.0. The molecule has 5 rings (SSSR count). The summed E-state index contributed by atoms with van der Waals surface area (Å²) in [7, 11) is 1.66. The number of guanidine groups is 1. The van der Waals surface area contributed by atoms with Crippen molar-refractivity contribution in [1.82, 2.24) is 9.88 Å². The van der Waals surface area contributed by atoms with Gasteiger partial charge in [-0.15, -0.1) is 0 Å². The summed E-state index contributed by atoms with van der Waals surface area (Å²) in [5.74, 6) is 0.151. The molecule has 4 N–H and O–H groups in total. The van der Waals surface area contributed by atoms with Gasteiger partial charge < -0.3 is 11.5 Å². The Labute approximate surface area is 198 Å². The Morgan fingerprint density at radius 3 is 2.36 bits per heavy atom. The van der Waals surface area contributed by atoms with Crippen LogP contribution in [0.2, 0.25) is 5.02 Å². The topological polar surface area (TPSA) is 97.6 Å². The highest BCUT2D eigenvalue weighted by atomic mass is 35.5.